The predicted octanol–water partition coefficient (Wildman–Crippen LogP) is 3.52. The molecule has 1 aromatic heterocycles. The number of nitrogens with zero attached hydrogens (tertiary/aromatic N) is 3. The molecule has 1 aliphatic rings. The molecule has 0 bridgehead atoms. The summed E-state index contributed by atoms with van der Waals surface area (Å²) in [6.07, 6.45) is 1.56. The van der Waals surface area contributed by atoms with Crippen LogP contribution >= 0.6 is 0 Å². The molecule has 6 heteroatoms. The molecule has 1 aliphatic heterocycles. The Balaban J connectivity index is 1.40. The number of benzene rings is 2. The van der Waals surface area contributed by atoms with E-state index in [4.69, 9.17) is 0 Å². The number of rotatable bonds is 6. The van der Waals surface area contributed by atoms with Gasteiger partial charge in [0.25, 0.3) is 11.8 Å². The van der Waals surface area contributed by atoms with Crippen molar-refractivity contribution in [2.24, 2.45) is 0 Å². The lowest BCUT2D eigenvalue weighted by molar-refractivity contribution is 0.0745. The van der Waals surface area contributed by atoms with Crippen LogP contribution in [-0.2, 0) is 19.5 Å². The van der Waals surface area contributed by atoms with Crippen molar-refractivity contribution in [3.05, 3.63) is 88.2 Å². The fraction of sp³-hybridized carbons (Fsp3) is 0.320. The van der Waals surface area contributed by atoms with Crippen molar-refractivity contribution in [1.29, 1.82) is 0 Å². The van der Waals surface area contributed by atoms with Crippen LogP contribution in [0, 0.1) is 13.8 Å². The third kappa shape index (κ3) is 5.02. The summed E-state index contributed by atoms with van der Waals surface area (Å²) >= 11 is 0. The highest BCUT2D eigenvalue weighted by atomic mass is 16.2. The molecular formula is C25H28N4O2. The first-order valence-electron chi connectivity index (χ1n) is 10.8. The first kappa shape index (κ1) is 20.8. The third-order valence-corrected chi connectivity index (χ3v) is 5.63. The van der Waals surface area contributed by atoms with Gasteiger partial charge in [-0.3, -0.25) is 14.3 Å². The van der Waals surface area contributed by atoms with E-state index in [1.54, 1.807) is 10.7 Å². The van der Waals surface area contributed by atoms with E-state index in [-0.39, 0.29) is 11.8 Å². The normalized spacial score (nSPS) is 13.6. The number of aromatic nitrogens is 2. The lowest BCUT2D eigenvalue weighted by atomic mass is 10.1. The van der Waals surface area contributed by atoms with Gasteiger partial charge >= 0.3 is 0 Å². The summed E-state index contributed by atoms with van der Waals surface area (Å²) in [6, 6.07) is 18.1. The maximum absolute atomic E-state index is 13.1. The number of carbonyl (C=O) groups is 2. The second kappa shape index (κ2) is 9.16. The van der Waals surface area contributed by atoms with E-state index in [0.29, 0.717) is 37.6 Å². The van der Waals surface area contributed by atoms with Gasteiger partial charge in [0.1, 0.15) is 5.69 Å². The van der Waals surface area contributed by atoms with E-state index < -0.39 is 0 Å². The first-order chi connectivity index (χ1) is 15.0. The Kier molecular flexibility index (Phi) is 6.16. The summed E-state index contributed by atoms with van der Waals surface area (Å²) in [5.41, 5.74) is 5.46. The average molecular weight is 417 g/mol. The lowest BCUT2D eigenvalue weighted by Crippen LogP contribution is -2.30. The van der Waals surface area contributed by atoms with Gasteiger partial charge in [0.05, 0.1) is 0 Å². The summed E-state index contributed by atoms with van der Waals surface area (Å²) in [5, 5.41) is 7.33. The molecule has 2 amide bonds. The van der Waals surface area contributed by atoms with Gasteiger partial charge in [-0.15, -0.1) is 0 Å². The zero-order chi connectivity index (χ0) is 21.8. The van der Waals surface area contributed by atoms with Crippen LogP contribution in [0.25, 0.3) is 0 Å². The molecule has 0 saturated heterocycles. The fourth-order valence-corrected chi connectivity index (χ4v) is 3.78. The first-order valence-corrected chi connectivity index (χ1v) is 10.8. The van der Waals surface area contributed by atoms with Crippen molar-refractivity contribution >= 4 is 11.8 Å². The molecule has 0 spiro atoms. The SMILES string of the molecule is Cc1ccc(CCNC(=O)c2cc3n(n2)CCCN(Cc2ccc(C)cc2)C3=O)cc1. The fourth-order valence-electron chi connectivity index (χ4n) is 3.78. The number of amides is 2. The Morgan fingerprint density at radius 2 is 1.61 bits per heavy atom. The number of fused-ring (bicyclic) bond motifs is 1. The maximum atomic E-state index is 13.1. The Morgan fingerprint density at radius 1 is 0.968 bits per heavy atom. The number of nitrogens with one attached hydrogen (secondary N) is 1. The number of aryl methyl sites for hydroxylation is 3. The summed E-state index contributed by atoms with van der Waals surface area (Å²) in [4.78, 5) is 27.5. The highest BCUT2D eigenvalue weighted by molar-refractivity contribution is 5.98. The van der Waals surface area contributed by atoms with Gasteiger partial charge in [-0.1, -0.05) is 59.7 Å². The molecule has 2 heterocycles. The molecule has 0 radical (unpaired) electrons. The van der Waals surface area contributed by atoms with Gasteiger partial charge in [-0.05, 0) is 37.8 Å². The van der Waals surface area contributed by atoms with Crippen LogP contribution in [0.1, 0.15) is 49.7 Å². The smallest absolute Gasteiger partial charge is 0.272 e. The highest BCUT2D eigenvalue weighted by Gasteiger charge is 2.26. The molecule has 0 unspecified atom stereocenters. The molecule has 3 aromatic rings. The summed E-state index contributed by atoms with van der Waals surface area (Å²) < 4.78 is 1.67. The van der Waals surface area contributed by atoms with E-state index in [0.717, 1.165) is 18.4 Å². The monoisotopic (exact) mass is 416 g/mol. The van der Waals surface area contributed by atoms with Gasteiger partial charge in [-0.2, -0.15) is 5.10 Å². The van der Waals surface area contributed by atoms with Crippen LogP contribution in [0.15, 0.2) is 54.6 Å². The summed E-state index contributed by atoms with van der Waals surface area (Å²) in [6.45, 7) is 6.49. The minimum Gasteiger partial charge on any atom is -0.350 e. The van der Waals surface area contributed by atoms with Crippen LogP contribution in [-0.4, -0.2) is 39.6 Å². The van der Waals surface area contributed by atoms with Crippen molar-refractivity contribution < 1.29 is 9.59 Å². The molecular weight excluding hydrogens is 388 g/mol. The zero-order valence-electron chi connectivity index (χ0n) is 18.1. The van der Waals surface area contributed by atoms with Crippen LogP contribution < -0.4 is 5.32 Å². The van der Waals surface area contributed by atoms with Gasteiger partial charge < -0.3 is 10.2 Å². The Bertz CT molecular complexity index is 1070. The number of hydrogen-bond acceptors (Lipinski definition) is 3. The highest BCUT2D eigenvalue weighted by Crippen LogP contribution is 2.17. The van der Waals surface area contributed by atoms with Gasteiger partial charge in [0, 0.05) is 32.2 Å². The minimum absolute atomic E-state index is 0.0794. The standard InChI is InChI=1S/C25H28N4O2/c1-18-4-8-20(9-5-18)12-13-26-24(30)22-16-23-25(31)28(14-3-15-29(23)27-22)17-21-10-6-19(2)7-11-21/h4-11,16H,3,12-15,17H2,1-2H3,(H,26,30). The molecule has 0 saturated carbocycles. The summed E-state index contributed by atoms with van der Waals surface area (Å²) in [7, 11) is 0. The molecule has 0 aliphatic carbocycles. The van der Waals surface area contributed by atoms with Gasteiger partial charge in [0.15, 0.2) is 5.69 Å². The van der Waals surface area contributed by atoms with Crippen LogP contribution in [0.5, 0.6) is 0 Å². The topological polar surface area (TPSA) is 67.2 Å². The molecule has 2 aromatic carbocycles. The number of carbonyl (C=O) groups excluding carboxylic acids is 2. The van der Waals surface area contributed by atoms with E-state index >= 15 is 0 Å². The Morgan fingerprint density at radius 3 is 2.29 bits per heavy atom. The Labute approximate surface area is 182 Å². The molecule has 1 N–H and O–H groups in total. The molecule has 6 nitrogen and oxygen atoms in total. The second-order valence-electron chi connectivity index (χ2n) is 8.20. The molecule has 160 valence electrons. The van der Waals surface area contributed by atoms with E-state index in [9.17, 15) is 9.59 Å². The van der Waals surface area contributed by atoms with Gasteiger partial charge in [-0.25, -0.2) is 0 Å². The zero-order valence-corrected chi connectivity index (χ0v) is 18.1. The average Bonchev–Trinajstić information content (AvgIpc) is 3.14. The molecule has 0 atom stereocenters. The Hall–Kier alpha value is -3.41. The second-order valence-corrected chi connectivity index (χ2v) is 8.20. The van der Waals surface area contributed by atoms with E-state index in [1.165, 1.54) is 16.7 Å². The minimum atomic E-state index is -0.245. The van der Waals surface area contributed by atoms with E-state index in [1.807, 2.05) is 11.8 Å². The van der Waals surface area contributed by atoms with Crippen LogP contribution in [0.4, 0.5) is 0 Å². The molecule has 4 rings (SSSR count). The maximum Gasteiger partial charge on any atom is 0.272 e. The van der Waals surface area contributed by atoms with Crippen molar-refractivity contribution in [3.8, 4) is 0 Å². The lowest BCUT2D eigenvalue weighted by Gasteiger charge is -2.20. The van der Waals surface area contributed by atoms with Crippen molar-refractivity contribution in [2.75, 3.05) is 13.1 Å². The quantitative estimate of drug-likeness (QED) is 0.669. The van der Waals surface area contributed by atoms with Crippen molar-refractivity contribution in [3.63, 3.8) is 0 Å². The van der Waals surface area contributed by atoms with Crippen LogP contribution in [0.3, 0.4) is 0 Å². The summed E-state index contributed by atoms with van der Waals surface area (Å²) in [5.74, 6) is -0.324. The van der Waals surface area contributed by atoms with E-state index in [2.05, 4.69) is 65.9 Å². The molecule has 0 fully saturated rings. The largest absolute Gasteiger partial charge is 0.350 e. The van der Waals surface area contributed by atoms with Crippen LogP contribution in [0.2, 0.25) is 0 Å². The predicted molar refractivity (Wildman–Crippen MR) is 120 cm³/mol. The van der Waals surface area contributed by atoms with Crippen molar-refractivity contribution in [2.45, 2.75) is 39.8 Å². The van der Waals surface area contributed by atoms with Gasteiger partial charge in [0.2, 0.25) is 0 Å². The van der Waals surface area contributed by atoms with Crippen molar-refractivity contribution in [1.82, 2.24) is 20.0 Å². The third-order valence-electron chi connectivity index (χ3n) is 5.63. The number of hydrogen-bond donors (Lipinski definition) is 1. The molecule has 31 heavy (non-hydrogen) atoms.